The van der Waals surface area contributed by atoms with Gasteiger partial charge in [0.25, 0.3) is 0 Å². The number of aliphatic hydroxyl groups excluding tert-OH is 2. The molecule has 17 heteroatoms. The van der Waals surface area contributed by atoms with Gasteiger partial charge in [-0.2, -0.15) is 13.2 Å². The number of carboxylic acid groups (broad SMARTS) is 2. The molecule has 0 spiro atoms. The molecule has 0 aliphatic carbocycles. The normalized spacial score (nSPS) is 13.2. The molecule has 3 atom stereocenters. The summed E-state index contributed by atoms with van der Waals surface area (Å²) in [6, 6.07) is 10.6. The van der Waals surface area contributed by atoms with E-state index in [2.05, 4.69) is 11.9 Å². The van der Waals surface area contributed by atoms with Gasteiger partial charge >= 0.3 is 18.1 Å². The number of nitrogens with one attached hydrogen (secondary N) is 1. The SMILES string of the molecule is C=C(O)C(F)(F)F.CC(C)(C)C(c1cc(-c2cc(F)ccc2F)cn1Cc1ccccc1)N(CCC(N)C(=O)N[C@H](CCC(=O)O)C(=O)O)C(=O)CO. The van der Waals surface area contributed by atoms with Crippen LogP contribution in [0.1, 0.15) is 57.3 Å². The summed E-state index contributed by atoms with van der Waals surface area (Å²) in [7, 11) is 0. The fourth-order valence-electron chi connectivity index (χ4n) is 5.31. The Morgan fingerprint density at radius 3 is 2.08 bits per heavy atom. The summed E-state index contributed by atoms with van der Waals surface area (Å²) >= 11 is 0. The molecule has 2 unspecified atom stereocenters. The molecule has 7 N–H and O–H groups in total. The Kier molecular flexibility index (Phi) is 15.7. The van der Waals surface area contributed by atoms with Crippen molar-refractivity contribution in [2.75, 3.05) is 13.2 Å². The molecule has 2 amide bonds. The van der Waals surface area contributed by atoms with Crippen LogP contribution in [0, 0.1) is 17.0 Å². The predicted molar refractivity (Wildman–Crippen MR) is 183 cm³/mol. The molecule has 1 heterocycles. The lowest BCUT2D eigenvalue weighted by Crippen LogP contribution is -2.50. The molecule has 0 radical (unpaired) electrons. The van der Waals surface area contributed by atoms with Crippen molar-refractivity contribution in [1.29, 1.82) is 0 Å². The molecule has 0 bridgehead atoms. The van der Waals surface area contributed by atoms with Crippen molar-refractivity contribution in [1.82, 2.24) is 14.8 Å². The molecule has 2 aromatic carbocycles. The number of hydrogen-bond acceptors (Lipinski definition) is 7. The van der Waals surface area contributed by atoms with E-state index in [0.717, 1.165) is 23.8 Å². The monoisotopic (exact) mass is 754 g/mol. The van der Waals surface area contributed by atoms with Crippen molar-refractivity contribution >= 4 is 23.8 Å². The van der Waals surface area contributed by atoms with Crippen molar-refractivity contribution in [3.63, 3.8) is 0 Å². The first-order valence-electron chi connectivity index (χ1n) is 16.1. The van der Waals surface area contributed by atoms with Gasteiger partial charge in [-0.1, -0.05) is 57.7 Å². The topological polar surface area (TPSA) is 195 Å². The Hall–Kier alpha value is -5.29. The number of nitrogens with two attached hydrogens (primary N) is 1. The summed E-state index contributed by atoms with van der Waals surface area (Å²) in [6.45, 7) is 7.17. The highest BCUT2D eigenvalue weighted by atomic mass is 19.4. The largest absolute Gasteiger partial charge is 0.505 e. The van der Waals surface area contributed by atoms with E-state index in [1.807, 2.05) is 55.7 Å². The van der Waals surface area contributed by atoms with E-state index in [0.29, 0.717) is 17.8 Å². The summed E-state index contributed by atoms with van der Waals surface area (Å²) in [5.74, 6) is -7.19. The highest BCUT2D eigenvalue weighted by molar-refractivity contribution is 5.87. The fraction of sp³-hybridized carbons (Fsp3) is 0.389. The quantitative estimate of drug-likeness (QED) is 0.0898. The Morgan fingerprint density at radius 2 is 1.57 bits per heavy atom. The van der Waals surface area contributed by atoms with Crippen LogP contribution in [0.4, 0.5) is 22.0 Å². The lowest BCUT2D eigenvalue weighted by Gasteiger charge is -2.41. The molecule has 3 rings (SSSR count). The zero-order chi connectivity index (χ0) is 40.3. The average molecular weight is 755 g/mol. The van der Waals surface area contributed by atoms with Gasteiger partial charge in [-0.15, -0.1) is 0 Å². The van der Waals surface area contributed by atoms with Crippen LogP contribution in [-0.4, -0.2) is 85.1 Å². The summed E-state index contributed by atoms with van der Waals surface area (Å²) in [4.78, 5) is 49.9. The van der Waals surface area contributed by atoms with Crippen molar-refractivity contribution in [2.24, 2.45) is 11.1 Å². The number of halogens is 5. The van der Waals surface area contributed by atoms with Gasteiger partial charge in [-0.05, 0) is 48.1 Å². The Balaban J connectivity index is 0.00000126. The lowest BCUT2D eigenvalue weighted by molar-refractivity contribution is -0.143. The maximum absolute atomic E-state index is 14.9. The minimum atomic E-state index is -4.64. The van der Waals surface area contributed by atoms with Gasteiger partial charge < -0.3 is 40.9 Å². The second-order valence-electron chi connectivity index (χ2n) is 13.1. The molecule has 53 heavy (non-hydrogen) atoms. The molecule has 0 saturated heterocycles. The van der Waals surface area contributed by atoms with E-state index in [1.165, 1.54) is 4.90 Å². The van der Waals surface area contributed by atoms with E-state index in [9.17, 15) is 51.3 Å². The molecule has 0 aliphatic rings. The summed E-state index contributed by atoms with van der Waals surface area (Å²) < 4.78 is 63.4. The predicted octanol–water partition coefficient (Wildman–Crippen LogP) is 5.16. The molecular weight excluding hydrogens is 711 g/mol. The number of benzene rings is 2. The van der Waals surface area contributed by atoms with Gasteiger partial charge in [0, 0.05) is 42.5 Å². The Labute approximate surface area is 302 Å². The molecule has 290 valence electrons. The minimum Gasteiger partial charge on any atom is -0.505 e. The first-order valence-corrected chi connectivity index (χ1v) is 16.1. The number of hydrogen-bond donors (Lipinski definition) is 6. The van der Waals surface area contributed by atoms with Crippen molar-refractivity contribution in [2.45, 2.75) is 70.9 Å². The lowest BCUT2D eigenvalue weighted by atomic mass is 9.82. The van der Waals surface area contributed by atoms with Gasteiger partial charge in [-0.3, -0.25) is 14.4 Å². The smallest absolute Gasteiger partial charge is 0.448 e. The number of aromatic nitrogens is 1. The van der Waals surface area contributed by atoms with Crippen LogP contribution in [0.5, 0.6) is 0 Å². The van der Waals surface area contributed by atoms with E-state index in [1.54, 1.807) is 12.3 Å². The maximum Gasteiger partial charge on any atom is 0.448 e. The number of nitrogens with zero attached hydrogens (tertiary/aromatic N) is 2. The number of alkyl halides is 3. The zero-order valence-electron chi connectivity index (χ0n) is 29.2. The molecule has 12 nitrogen and oxygen atoms in total. The Bertz CT molecular complexity index is 1740. The third-order valence-corrected chi connectivity index (χ3v) is 7.84. The van der Waals surface area contributed by atoms with E-state index >= 15 is 0 Å². The van der Waals surface area contributed by atoms with Crippen LogP contribution in [-0.2, 0) is 25.7 Å². The maximum atomic E-state index is 14.9. The number of carbonyl (C=O) groups is 4. The van der Waals surface area contributed by atoms with E-state index in [4.69, 9.17) is 15.9 Å². The van der Waals surface area contributed by atoms with Gasteiger partial charge in [-0.25, -0.2) is 13.6 Å². The highest BCUT2D eigenvalue weighted by Gasteiger charge is 2.38. The number of aliphatic hydroxyl groups is 2. The van der Waals surface area contributed by atoms with Crippen molar-refractivity contribution in [3.8, 4) is 11.1 Å². The number of rotatable bonds is 15. The average Bonchev–Trinajstić information content (AvgIpc) is 3.46. The van der Waals surface area contributed by atoms with E-state index < -0.39 is 83.9 Å². The van der Waals surface area contributed by atoms with Crippen LogP contribution in [0.2, 0.25) is 0 Å². The summed E-state index contributed by atoms with van der Waals surface area (Å²) in [5.41, 5.74) is 7.23. The zero-order valence-corrected chi connectivity index (χ0v) is 29.2. The van der Waals surface area contributed by atoms with E-state index in [-0.39, 0.29) is 24.9 Å². The number of aliphatic carboxylic acids is 2. The summed E-state index contributed by atoms with van der Waals surface area (Å²) in [6.07, 6.45) is -3.94. The minimum absolute atomic E-state index is 0.0235. The summed E-state index contributed by atoms with van der Waals surface area (Å²) in [5, 5.41) is 38.1. The molecule has 3 aromatic rings. The van der Waals surface area contributed by atoms with Gasteiger partial charge in [0.05, 0.1) is 12.1 Å². The number of carbonyl (C=O) groups excluding carboxylic acids is 2. The number of allylic oxidation sites excluding steroid dienone is 1. The van der Waals surface area contributed by atoms with Crippen molar-refractivity contribution < 1.29 is 61.6 Å². The first-order chi connectivity index (χ1) is 24.6. The van der Waals surface area contributed by atoms with Crippen LogP contribution < -0.4 is 11.1 Å². The third kappa shape index (κ3) is 13.3. The third-order valence-electron chi connectivity index (χ3n) is 7.84. The van der Waals surface area contributed by atoms with Gasteiger partial charge in [0.2, 0.25) is 11.8 Å². The fourth-order valence-corrected chi connectivity index (χ4v) is 5.31. The standard InChI is InChI=1S/C33H40F2N4O7.C3H3F3O/c1-33(2,3)30(39(28(41)19-40)14-13-25(36)31(44)37-26(32(45)46)11-12-29(42)43)27-15-21(23-16-22(34)9-10-24(23)35)18-38(27)17-20-7-5-4-6-8-20;1-2(7)3(4,5)6/h4-10,15-16,18,25-26,30,40H,11-14,17,19,36H2,1-3H3,(H,37,44)(H,42,43)(H,45,46);7H,1H2/t25?,26-,30?;/m1./s1. The Morgan fingerprint density at radius 1 is 0.962 bits per heavy atom. The molecule has 0 fully saturated rings. The second kappa shape index (κ2) is 19.0. The van der Waals surface area contributed by atoms with Crippen LogP contribution in [0.3, 0.4) is 0 Å². The molecule has 0 aliphatic heterocycles. The van der Waals surface area contributed by atoms with Crippen LogP contribution >= 0.6 is 0 Å². The molecule has 0 saturated carbocycles. The van der Waals surface area contributed by atoms with Crippen molar-refractivity contribution in [3.05, 3.63) is 96.0 Å². The second-order valence-corrected chi connectivity index (χ2v) is 13.1. The molecular formula is C36H43F5N4O8. The first kappa shape index (κ1) is 43.9. The van der Waals surface area contributed by atoms with Crippen LogP contribution in [0.15, 0.2) is 73.1 Å². The number of carboxylic acids is 2. The van der Waals surface area contributed by atoms with Crippen LogP contribution in [0.25, 0.3) is 11.1 Å². The van der Waals surface area contributed by atoms with Gasteiger partial charge in [0.15, 0.2) is 5.76 Å². The highest BCUT2D eigenvalue weighted by Crippen LogP contribution is 2.41. The van der Waals surface area contributed by atoms with Gasteiger partial charge in [0.1, 0.15) is 24.3 Å². The number of amides is 2. The molecule has 1 aromatic heterocycles.